The first kappa shape index (κ1) is 13.5. The van der Waals surface area contributed by atoms with Crippen molar-refractivity contribution in [2.24, 2.45) is 0 Å². The molecule has 2 N–H and O–H groups in total. The number of phenolic OH excluding ortho intramolecular Hbond substituents is 1. The van der Waals surface area contributed by atoms with Crippen LogP contribution >= 0.6 is 11.6 Å². The summed E-state index contributed by atoms with van der Waals surface area (Å²) in [7, 11) is 1.61. The van der Waals surface area contributed by atoms with Crippen molar-refractivity contribution in [3.63, 3.8) is 0 Å². The number of benzene rings is 2. The van der Waals surface area contributed by atoms with Crippen LogP contribution in [0.1, 0.15) is 0 Å². The van der Waals surface area contributed by atoms with E-state index in [-0.39, 0.29) is 5.75 Å². The van der Waals surface area contributed by atoms with Gasteiger partial charge in [0.05, 0.1) is 12.7 Å². The Balaban J connectivity index is 1.97. The lowest BCUT2D eigenvalue weighted by Crippen LogP contribution is -1.84. The number of rotatable bonds is 3. The molecule has 106 valence electrons. The van der Waals surface area contributed by atoms with Crippen LogP contribution in [0.3, 0.4) is 0 Å². The Morgan fingerprint density at radius 2 is 1.90 bits per heavy atom. The number of H-pyrrole nitrogens is 1. The van der Waals surface area contributed by atoms with Gasteiger partial charge in [0.15, 0.2) is 11.6 Å². The fraction of sp³-hybridized carbons (Fsp3) is 0.0667. The number of aromatic amines is 1. The molecule has 0 unspecified atom stereocenters. The van der Waals surface area contributed by atoms with E-state index in [0.29, 0.717) is 22.2 Å². The number of halogens is 1. The second kappa shape index (κ2) is 5.46. The Bertz CT molecular complexity index is 769. The number of aromatic hydroxyl groups is 1. The molecule has 3 rings (SSSR count). The van der Waals surface area contributed by atoms with Crippen molar-refractivity contribution in [1.29, 1.82) is 0 Å². The monoisotopic (exact) mass is 301 g/mol. The highest BCUT2D eigenvalue weighted by molar-refractivity contribution is 6.30. The first-order valence-corrected chi connectivity index (χ1v) is 6.61. The third-order valence-corrected chi connectivity index (χ3v) is 3.28. The van der Waals surface area contributed by atoms with Crippen molar-refractivity contribution in [2.75, 3.05) is 7.11 Å². The lowest BCUT2D eigenvalue weighted by atomic mass is 10.2. The molecular weight excluding hydrogens is 290 g/mol. The minimum Gasteiger partial charge on any atom is -0.507 e. The van der Waals surface area contributed by atoms with Crippen molar-refractivity contribution in [3.05, 3.63) is 47.5 Å². The molecule has 2 aromatic carbocycles. The zero-order valence-electron chi connectivity index (χ0n) is 11.2. The third kappa shape index (κ3) is 2.68. The zero-order valence-corrected chi connectivity index (χ0v) is 11.9. The number of aromatic nitrogens is 3. The van der Waals surface area contributed by atoms with Crippen LogP contribution in [0.4, 0.5) is 0 Å². The van der Waals surface area contributed by atoms with E-state index in [4.69, 9.17) is 16.3 Å². The van der Waals surface area contributed by atoms with Crippen LogP contribution in [-0.2, 0) is 0 Å². The Kier molecular flexibility index (Phi) is 3.50. The fourth-order valence-electron chi connectivity index (χ4n) is 1.95. The lowest BCUT2D eigenvalue weighted by molar-refractivity contribution is 0.415. The minimum absolute atomic E-state index is 0.0943. The summed E-state index contributed by atoms with van der Waals surface area (Å²) in [5.74, 6) is 1.85. The highest BCUT2D eigenvalue weighted by Gasteiger charge is 2.11. The van der Waals surface area contributed by atoms with Gasteiger partial charge in [0.1, 0.15) is 11.5 Å². The maximum Gasteiger partial charge on any atom is 0.181 e. The van der Waals surface area contributed by atoms with Crippen molar-refractivity contribution in [1.82, 2.24) is 15.2 Å². The van der Waals surface area contributed by atoms with E-state index in [1.165, 1.54) is 6.07 Å². The van der Waals surface area contributed by atoms with Crippen molar-refractivity contribution in [3.8, 4) is 34.3 Å². The molecule has 0 saturated heterocycles. The van der Waals surface area contributed by atoms with Crippen LogP contribution in [0.25, 0.3) is 22.8 Å². The van der Waals surface area contributed by atoms with E-state index >= 15 is 0 Å². The van der Waals surface area contributed by atoms with E-state index in [1.54, 1.807) is 19.2 Å². The molecule has 6 heteroatoms. The molecule has 5 nitrogen and oxygen atoms in total. The fourth-order valence-corrected chi connectivity index (χ4v) is 2.12. The van der Waals surface area contributed by atoms with Gasteiger partial charge in [0.2, 0.25) is 0 Å². The molecule has 21 heavy (non-hydrogen) atoms. The third-order valence-electron chi connectivity index (χ3n) is 3.05. The van der Waals surface area contributed by atoms with Gasteiger partial charge in [-0.1, -0.05) is 11.6 Å². The maximum absolute atomic E-state index is 9.87. The van der Waals surface area contributed by atoms with Gasteiger partial charge in [0.25, 0.3) is 0 Å². The van der Waals surface area contributed by atoms with Crippen LogP contribution < -0.4 is 4.74 Å². The molecule has 0 aliphatic rings. The number of hydrogen-bond donors (Lipinski definition) is 2. The SMILES string of the molecule is COc1ccc(-c2n[nH]c(-c3cc(Cl)ccc3O)n2)cc1. The number of nitrogens with zero attached hydrogens (tertiary/aromatic N) is 2. The average molecular weight is 302 g/mol. The van der Waals surface area contributed by atoms with Crippen molar-refractivity contribution < 1.29 is 9.84 Å². The first-order valence-electron chi connectivity index (χ1n) is 6.23. The molecule has 0 saturated carbocycles. The number of methoxy groups -OCH3 is 1. The minimum atomic E-state index is 0.0943. The summed E-state index contributed by atoms with van der Waals surface area (Å²) in [4.78, 5) is 4.38. The second-order valence-electron chi connectivity index (χ2n) is 4.40. The molecule has 0 amide bonds. The number of hydrogen-bond acceptors (Lipinski definition) is 4. The Morgan fingerprint density at radius 1 is 1.14 bits per heavy atom. The van der Waals surface area contributed by atoms with E-state index in [0.717, 1.165) is 11.3 Å². The van der Waals surface area contributed by atoms with Crippen LogP contribution in [0, 0.1) is 0 Å². The normalized spacial score (nSPS) is 10.6. The highest BCUT2D eigenvalue weighted by atomic mass is 35.5. The van der Waals surface area contributed by atoms with Crippen molar-refractivity contribution >= 4 is 11.6 Å². The standard InChI is InChI=1S/C15H12ClN3O2/c1-21-11-5-2-9(3-6-11)14-17-15(19-18-14)12-8-10(16)4-7-13(12)20/h2-8,20H,1H3,(H,17,18,19). The van der Waals surface area contributed by atoms with Gasteiger partial charge in [-0.2, -0.15) is 5.10 Å². The predicted octanol–water partition coefficient (Wildman–Crippen LogP) is 3.51. The summed E-state index contributed by atoms with van der Waals surface area (Å²) in [5, 5.41) is 17.4. The number of phenols is 1. The number of ether oxygens (including phenoxy) is 1. The summed E-state index contributed by atoms with van der Waals surface area (Å²) in [6, 6.07) is 12.2. The van der Waals surface area contributed by atoms with Crippen LogP contribution in [0.15, 0.2) is 42.5 Å². The summed E-state index contributed by atoms with van der Waals surface area (Å²) in [6.07, 6.45) is 0. The van der Waals surface area contributed by atoms with Gasteiger partial charge < -0.3 is 9.84 Å². The molecule has 0 aliphatic heterocycles. The molecule has 0 spiro atoms. The summed E-state index contributed by atoms with van der Waals surface area (Å²) in [6.45, 7) is 0. The molecule has 0 aliphatic carbocycles. The van der Waals surface area contributed by atoms with Crippen LogP contribution in [0.2, 0.25) is 5.02 Å². The molecule has 1 heterocycles. The maximum atomic E-state index is 9.87. The zero-order chi connectivity index (χ0) is 14.8. The molecular formula is C15H12ClN3O2. The summed E-state index contributed by atoms with van der Waals surface area (Å²) < 4.78 is 5.11. The van der Waals surface area contributed by atoms with Gasteiger partial charge in [0, 0.05) is 10.6 Å². The second-order valence-corrected chi connectivity index (χ2v) is 4.83. The average Bonchev–Trinajstić information content (AvgIpc) is 2.99. The molecule has 0 atom stereocenters. The van der Waals surface area contributed by atoms with Crippen LogP contribution in [-0.4, -0.2) is 27.4 Å². The van der Waals surface area contributed by atoms with Gasteiger partial charge in [-0.15, -0.1) is 0 Å². The Labute approximate surface area is 126 Å². The molecule has 0 radical (unpaired) electrons. The van der Waals surface area contributed by atoms with Gasteiger partial charge in [-0.05, 0) is 42.5 Å². The number of nitrogens with one attached hydrogen (secondary N) is 1. The van der Waals surface area contributed by atoms with Crippen molar-refractivity contribution in [2.45, 2.75) is 0 Å². The first-order chi connectivity index (χ1) is 10.2. The van der Waals surface area contributed by atoms with Gasteiger partial charge in [-0.25, -0.2) is 4.98 Å². The Hall–Kier alpha value is -2.53. The largest absolute Gasteiger partial charge is 0.507 e. The molecule has 0 bridgehead atoms. The topological polar surface area (TPSA) is 71.0 Å². The summed E-state index contributed by atoms with van der Waals surface area (Å²) in [5.41, 5.74) is 1.36. The highest BCUT2D eigenvalue weighted by Crippen LogP contribution is 2.30. The predicted molar refractivity (Wildman–Crippen MR) is 80.5 cm³/mol. The molecule has 3 aromatic rings. The molecule has 1 aromatic heterocycles. The van der Waals surface area contributed by atoms with Crippen LogP contribution in [0.5, 0.6) is 11.5 Å². The van der Waals surface area contributed by atoms with E-state index in [9.17, 15) is 5.11 Å². The van der Waals surface area contributed by atoms with E-state index in [2.05, 4.69) is 15.2 Å². The Morgan fingerprint density at radius 3 is 2.62 bits per heavy atom. The quantitative estimate of drug-likeness (QED) is 0.776. The van der Waals surface area contributed by atoms with Gasteiger partial charge in [-0.3, -0.25) is 5.10 Å². The lowest BCUT2D eigenvalue weighted by Gasteiger charge is -2.01. The smallest absolute Gasteiger partial charge is 0.181 e. The molecule has 0 fully saturated rings. The van der Waals surface area contributed by atoms with E-state index < -0.39 is 0 Å². The summed E-state index contributed by atoms with van der Waals surface area (Å²) >= 11 is 5.94. The van der Waals surface area contributed by atoms with E-state index in [1.807, 2.05) is 24.3 Å². The van der Waals surface area contributed by atoms with Gasteiger partial charge >= 0.3 is 0 Å².